The summed E-state index contributed by atoms with van der Waals surface area (Å²) in [6.45, 7) is 11.3. The van der Waals surface area contributed by atoms with Crippen LogP contribution < -0.4 is 10.1 Å². The fourth-order valence-electron chi connectivity index (χ4n) is 2.51. The lowest BCUT2D eigenvalue weighted by molar-refractivity contribution is 0.142. The number of nitrogens with one attached hydrogen (secondary N) is 1. The summed E-state index contributed by atoms with van der Waals surface area (Å²) < 4.78 is 5.61. The summed E-state index contributed by atoms with van der Waals surface area (Å²) in [6, 6.07) is 7.90. The van der Waals surface area contributed by atoms with Gasteiger partial charge >= 0.3 is 6.03 Å². The van der Waals surface area contributed by atoms with Crippen LogP contribution in [0.25, 0.3) is 0 Å². The van der Waals surface area contributed by atoms with Gasteiger partial charge < -0.3 is 19.9 Å². The highest BCUT2D eigenvalue weighted by Gasteiger charge is 2.19. The Morgan fingerprint density at radius 3 is 2.36 bits per heavy atom. The molecule has 2 amide bonds. The lowest BCUT2D eigenvalue weighted by atomic mass is 10.2. The zero-order valence-corrected chi connectivity index (χ0v) is 13.8. The largest absolute Gasteiger partial charge is 0.491 e. The lowest BCUT2D eigenvalue weighted by Crippen LogP contribution is -2.51. The molecule has 1 aliphatic rings. The molecule has 1 fully saturated rings. The van der Waals surface area contributed by atoms with Crippen molar-refractivity contribution >= 4 is 6.03 Å². The van der Waals surface area contributed by atoms with Crippen molar-refractivity contribution in [1.82, 2.24) is 15.1 Å². The Morgan fingerprint density at radius 1 is 1.18 bits per heavy atom. The number of amides is 2. The second-order valence-electron chi connectivity index (χ2n) is 5.89. The van der Waals surface area contributed by atoms with E-state index in [0.717, 1.165) is 44.0 Å². The molecule has 0 aliphatic carbocycles. The molecule has 0 saturated carbocycles. The molecule has 1 N–H and O–H groups in total. The monoisotopic (exact) mass is 305 g/mol. The van der Waals surface area contributed by atoms with Crippen LogP contribution in [0, 0.1) is 0 Å². The normalized spacial score (nSPS) is 15.9. The predicted octanol–water partition coefficient (Wildman–Crippen LogP) is 2.32. The topological polar surface area (TPSA) is 44.8 Å². The van der Waals surface area contributed by atoms with Crippen LogP contribution in [0.4, 0.5) is 4.79 Å². The molecule has 0 bridgehead atoms. The fraction of sp³-hybridized carbons (Fsp3) is 0.588. The fourth-order valence-corrected chi connectivity index (χ4v) is 2.51. The quantitative estimate of drug-likeness (QED) is 0.908. The molecule has 22 heavy (non-hydrogen) atoms. The lowest BCUT2D eigenvalue weighted by Gasteiger charge is -2.34. The number of nitrogens with zero attached hydrogens (tertiary/aromatic N) is 2. The predicted molar refractivity (Wildman–Crippen MR) is 88.1 cm³/mol. The Morgan fingerprint density at radius 2 is 1.82 bits per heavy atom. The van der Waals surface area contributed by atoms with E-state index >= 15 is 0 Å². The Balaban J connectivity index is 1.76. The van der Waals surface area contributed by atoms with E-state index in [0.29, 0.717) is 6.54 Å². The number of hydrogen-bond donors (Lipinski definition) is 1. The average Bonchev–Trinajstić information content (AvgIpc) is 2.53. The molecule has 1 aliphatic heterocycles. The highest BCUT2D eigenvalue weighted by molar-refractivity contribution is 5.74. The van der Waals surface area contributed by atoms with Gasteiger partial charge in [-0.15, -0.1) is 0 Å². The number of rotatable bonds is 5. The number of likely N-dealkylation sites (N-methyl/N-ethyl adjacent to an activating group) is 1. The van der Waals surface area contributed by atoms with Crippen molar-refractivity contribution in [1.29, 1.82) is 0 Å². The minimum absolute atomic E-state index is 0.0262. The minimum Gasteiger partial charge on any atom is -0.491 e. The van der Waals surface area contributed by atoms with Crippen molar-refractivity contribution < 1.29 is 9.53 Å². The molecule has 5 heteroatoms. The van der Waals surface area contributed by atoms with E-state index in [1.165, 1.54) is 0 Å². The minimum atomic E-state index is 0.0262. The Bertz CT molecular complexity index is 465. The van der Waals surface area contributed by atoms with Gasteiger partial charge in [-0.25, -0.2) is 4.79 Å². The molecule has 1 aromatic carbocycles. The molecule has 2 rings (SSSR count). The van der Waals surface area contributed by atoms with E-state index in [1.54, 1.807) is 0 Å². The summed E-state index contributed by atoms with van der Waals surface area (Å²) in [5.74, 6) is 0.862. The number of piperazine rings is 1. The summed E-state index contributed by atoms with van der Waals surface area (Å²) in [7, 11) is 0. The summed E-state index contributed by atoms with van der Waals surface area (Å²) in [5, 5.41) is 2.99. The highest BCUT2D eigenvalue weighted by atomic mass is 16.5. The molecule has 0 atom stereocenters. The zero-order valence-electron chi connectivity index (χ0n) is 13.8. The third kappa shape index (κ3) is 4.91. The van der Waals surface area contributed by atoms with Crippen molar-refractivity contribution in [3.63, 3.8) is 0 Å². The molecule has 0 spiro atoms. The number of carbonyl (C=O) groups excluding carboxylic acids is 1. The molecule has 122 valence electrons. The van der Waals surface area contributed by atoms with Crippen LogP contribution in [-0.4, -0.2) is 54.7 Å². The van der Waals surface area contributed by atoms with Crippen LogP contribution in [0.1, 0.15) is 26.3 Å². The summed E-state index contributed by atoms with van der Waals surface area (Å²) >= 11 is 0. The van der Waals surface area contributed by atoms with Gasteiger partial charge in [0.25, 0.3) is 0 Å². The van der Waals surface area contributed by atoms with Crippen molar-refractivity contribution in [2.24, 2.45) is 0 Å². The smallest absolute Gasteiger partial charge is 0.317 e. The summed E-state index contributed by atoms with van der Waals surface area (Å²) in [4.78, 5) is 16.4. The maximum absolute atomic E-state index is 12.2. The van der Waals surface area contributed by atoms with Gasteiger partial charge in [-0.05, 0) is 38.1 Å². The SMILES string of the molecule is CCN1CCN(C(=O)NCc2ccc(OC(C)C)cc2)CC1. The third-order valence-corrected chi connectivity index (χ3v) is 3.85. The third-order valence-electron chi connectivity index (χ3n) is 3.85. The number of ether oxygens (including phenoxy) is 1. The maximum Gasteiger partial charge on any atom is 0.317 e. The van der Waals surface area contributed by atoms with Crippen LogP contribution >= 0.6 is 0 Å². The second kappa shape index (κ2) is 8.03. The number of carbonyl (C=O) groups is 1. The van der Waals surface area contributed by atoms with E-state index < -0.39 is 0 Å². The van der Waals surface area contributed by atoms with Gasteiger partial charge in [0.15, 0.2) is 0 Å². The highest BCUT2D eigenvalue weighted by Crippen LogP contribution is 2.13. The van der Waals surface area contributed by atoms with Crippen LogP contribution in [-0.2, 0) is 6.54 Å². The van der Waals surface area contributed by atoms with Gasteiger partial charge in [0.1, 0.15) is 5.75 Å². The van der Waals surface area contributed by atoms with Crippen LogP contribution in [0.3, 0.4) is 0 Å². The van der Waals surface area contributed by atoms with Crippen LogP contribution in [0.2, 0.25) is 0 Å². The molecule has 0 radical (unpaired) electrons. The maximum atomic E-state index is 12.2. The van der Waals surface area contributed by atoms with Gasteiger partial charge in [-0.1, -0.05) is 19.1 Å². The van der Waals surface area contributed by atoms with E-state index in [-0.39, 0.29) is 12.1 Å². The van der Waals surface area contributed by atoms with E-state index in [4.69, 9.17) is 4.74 Å². The standard InChI is InChI=1S/C17H27N3O2/c1-4-19-9-11-20(12-10-19)17(21)18-13-15-5-7-16(8-6-15)22-14(2)3/h5-8,14H,4,9-13H2,1-3H3,(H,18,21). The zero-order chi connectivity index (χ0) is 15.9. The molecular formula is C17H27N3O2. The second-order valence-corrected chi connectivity index (χ2v) is 5.89. The van der Waals surface area contributed by atoms with Crippen LogP contribution in [0.5, 0.6) is 5.75 Å². The van der Waals surface area contributed by atoms with Crippen molar-refractivity contribution in [2.75, 3.05) is 32.7 Å². The molecular weight excluding hydrogens is 278 g/mol. The first-order valence-electron chi connectivity index (χ1n) is 8.09. The molecule has 1 aromatic rings. The summed E-state index contributed by atoms with van der Waals surface area (Å²) in [6.07, 6.45) is 0.173. The molecule has 1 heterocycles. The van der Waals surface area contributed by atoms with Crippen molar-refractivity contribution in [2.45, 2.75) is 33.4 Å². The number of urea groups is 1. The Labute approximate surface area is 133 Å². The van der Waals surface area contributed by atoms with E-state index in [2.05, 4.69) is 17.1 Å². The first kappa shape index (κ1) is 16.6. The van der Waals surface area contributed by atoms with Gasteiger partial charge in [-0.2, -0.15) is 0 Å². The number of benzene rings is 1. The molecule has 0 aromatic heterocycles. The molecule has 5 nitrogen and oxygen atoms in total. The Hall–Kier alpha value is -1.75. The van der Waals surface area contributed by atoms with Crippen molar-refractivity contribution in [3.05, 3.63) is 29.8 Å². The Kier molecular flexibility index (Phi) is 6.07. The van der Waals surface area contributed by atoms with Crippen molar-refractivity contribution in [3.8, 4) is 5.75 Å². The first-order chi connectivity index (χ1) is 10.6. The van der Waals surface area contributed by atoms with Gasteiger partial charge in [0.2, 0.25) is 0 Å². The van der Waals surface area contributed by atoms with Gasteiger partial charge in [0, 0.05) is 32.7 Å². The molecule has 0 unspecified atom stereocenters. The summed E-state index contributed by atoms with van der Waals surface area (Å²) in [5.41, 5.74) is 1.08. The first-order valence-corrected chi connectivity index (χ1v) is 8.09. The average molecular weight is 305 g/mol. The van der Waals surface area contributed by atoms with Gasteiger partial charge in [0.05, 0.1) is 6.10 Å². The van der Waals surface area contributed by atoms with Crippen LogP contribution in [0.15, 0.2) is 24.3 Å². The van der Waals surface area contributed by atoms with Gasteiger partial charge in [-0.3, -0.25) is 0 Å². The van der Waals surface area contributed by atoms with E-state index in [9.17, 15) is 4.79 Å². The van der Waals surface area contributed by atoms with E-state index in [1.807, 2.05) is 43.0 Å². The number of hydrogen-bond acceptors (Lipinski definition) is 3. The molecule has 1 saturated heterocycles.